The Labute approximate surface area is 156 Å². The van der Waals surface area contributed by atoms with E-state index in [9.17, 15) is 9.90 Å². The van der Waals surface area contributed by atoms with Crippen molar-refractivity contribution in [1.29, 1.82) is 0 Å². The largest absolute Gasteiger partial charge is 0.506 e. The molecule has 6 nitrogen and oxygen atoms in total. The molecule has 0 aromatic heterocycles. The third-order valence-corrected chi connectivity index (χ3v) is 3.68. The van der Waals surface area contributed by atoms with Crippen LogP contribution in [0.4, 0.5) is 0 Å². The molecule has 0 fully saturated rings. The predicted octanol–water partition coefficient (Wildman–Crippen LogP) is 3.31. The van der Waals surface area contributed by atoms with Crippen molar-refractivity contribution in [2.75, 3.05) is 13.7 Å². The minimum absolute atomic E-state index is 0.124. The number of carbonyl (C=O) groups excluding carboxylic acids is 1. The molecule has 0 heterocycles. The summed E-state index contributed by atoms with van der Waals surface area (Å²) in [5, 5.41) is 13.8. The van der Waals surface area contributed by atoms with Gasteiger partial charge in [0.2, 0.25) is 0 Å². The number of hydrogen-bond acceptors (Lipinski definition) is 5. The van der Waals surface area contributed by atoms with Gasteiger partial charge in [-0.15, -0.1) is 6.58 Å². The van der Waals surface area contributed by atoms with Crippen molar-refractivity contribution in [3.05, 3.63) is 65.2 Å². The van der Waals surface area contributed by atoms with E-state index in [1.807, 2.05) is 18.2 Å². The van der Waals surface area contributed by atoms with Gasteiger partial charge in [-0.2, -0.15) is 5.10 Å². The topological polar surface area (TPSA) is 80.2 Å². The van der Waals surface area contributed by atoms with Gasteiger partial charge in [0.05, 0.1) is 18.3 Å². The quantitative estimate of drug-likeness (QED) is 0.422. The molecular formula is C19H19ClN2O4. The van der Waals surface area contributed by atoms with E-state index in [1.54, 1.807) is 18.2 Å². The molecule has 0 saturated carbocycles. The molecule has 0 spiro atoms. The van der Waals surface area contributed by atoms with E-state index < -0.39 is 5.91 Å². The Morgan fingerprint density at radius 3 is 2.88 bits per heavy atom. The lowest BCUT2D eigenvalue weighted by Gasteiger charge is -2.09. The fourth-order valence-corrected chi connectivity index (χ4v) is 2.35. The first-order valence-electron chi connectivity index (χ1n) is 7.75. The molecule has 2 rings (SSSR count). The lowest BCUT2D eigenvalue weighted by Crippen LogP contribution is -2.24. The van der Waals surface area contributed by atoms with Gasteiger partial charge in [0.25, 0.3) is 5.91 Å². The lowest BCUT2D eigenvalue weighted by atomic mass is 10.1. The zero-order valence-corrected chi connectivity index (χ0v) is 15.0. The number of amides is 1. The Kier molecular flexibility index (Phi) is 7.05. The maximum absolute atomic E-state index is 11.9. The molecule has 2 N–H and O–H groups in total. The van der Waals surface area contributed by atoms with Crippen molar-refractivity contribution in [3.8, 4) is 17.2 Å². The highest BCUT2D eigenvalue weighted by Gasteiger charge is 2.08. The van der Waals surface area contributed by atoms with E-state index in [4.69, 9.17) is 21.1 Å². The van der Waals surface area contributed by atoms with Crippen molar-refractivity contribution >= 4 is 23.7 Å². The van der Waals surface area contributed by atoms with Crippen LogP contribution in [0.2, 0.25) is 5.02 Å². The molecule has 0 aliphatic heterocycles. The summed E-state index contributed by atoms with van der Waals surface area (Å²) in [7, 11) is 1.48. The number of hydrogen-bond donors (Lipinski definition) is 2. The fraction of sp³-hybridized carbons (Fsp3) is 0.158. The number of hydrazone groups is 1. The first-order chi connectivity index (χ1) is 12.5. The summed E-state index contributed by atoms with van der Waals surface area (Å²) in [5.41, 5.74) is 3.58. The maximum Gasteiger partial charge on any atom is 0.277 e. The van der Waals surface area contributed by atoms with Gasteiger partial charge in [-0.1, -0.05) is 35.9 Å². The molecule has 0 bridgehead atoms. The van der Waals surface area contributed by atoms with Crippen molar-refractivity contribution in [2.45, 2.75) is 6.42 Å². The van der Waals surface area contributed by atoms with E-state index in [0.717, 1.165) is 5.56 Å². The van der Waals surface area contributed by atoms with Crippen LogP contribution in [0.25, 0.3) is 0 Å². The van der Waals surface area contributed by atoms with E-state index >= 15 is 0 Å². The molecule has 1 amide bonds. The Balaban J connectivity index is 1.94. The average molecular weight is 375 g/mol. The number of ether oxygens (including phenoxy) is 2. The highest BCUT2D eigenvalue weighted by Crippen LogP contribution is 2.31. The van der Waals surface area contributed by atoms with Crippen molar-refractivity contribution in [1.82, 2.24) is 5.43 Å². The number of benzene rings is 2. The third-order valence-electron chi connectivity index (χ3n) is 3.39. The van der Waals surface area contributed by atoms with Crippen molar-refractivity contribution in [2.24, 2.45) is 5.10 Å². The number of carbonyl (C=O) groups is 1. The van der Waals surface area contributed by atoms with Crippen LogP contribution >= 0.6 is 11.6 Å². The Hall–Kier alpha value is -2.99. The van der Waals surface area contributed by atoms with E-state index in [2.05, 4.69) is 17.1 Å². The summed E-state index contributed by atoms with van der Waals surface area (Å²) >= 11 is 5.89. The van der Waals surface area contributed by atoms with Crippen LogP contribution in [-0.4, -0.2) is 30.9 Å². The average Bonchev–Trinajstić information content (AvgIpc) is 2.64. The van der Waals surface area contributed by atoms with Crippen LogP contribution in [-0.2, 0) is 11.2 Å². The molecule has 0 radical (unpaired) electrons. The summed E-state index contributed by atoms with van der Waals surface area (Å²) in [6.45, 7) is 3.50. The molecule has 26 heavy (non-hydrogen) atoms. The zero-order valence-electron chi connectivity index (χ0n) is 14.2. The first kappa shape index (κ1) is 19.3. The molecule has 7 heteroatoms. The second-order valence-corrected chi connectivity index (χ2v) is 5.64. The molecule has 2 aromatic rings. The van der Waals surface area contributed by atoms with Gasteiger partial charge in [0.1, 0.15) is 17.2 Å². The van der Waals surface area contributed by atoms with Gasteiger partial charge in [-0.05, 0) is 24.1 Å². The Bertz CT molecular complexity index is 821. The van der Waals surface area contributed by atoms with Gasteiger partial charge >= 0.3 is 0 Å². The summed E-state index contributed by atoms with van der Waals surface area (Å²) in [6.07, 6.45) is 3.68. The molecule has 0 aliphatic rings. The van der Waals surface area contributed by atoms with Crippen LogP contribution < -0.4 is 14.9 Å². The molecule has 0 unspecified atom stereocenters. The normalized spacial score (nSPS) is 10.5. The Morgan fingerprint density at radius 2 is 2.15 bits per heavy atom. The molecule has 0 aliphatic carbocycles. The fourth-order valence-electron chi connectivity index (χ4n) is 2.13. The molecular weight excluding hydrogens is 356 g/mol. The first-order valence-corrected chi connectivity index (χ1v) is 8.13. The van der Waals surface area contributed by atoms with Crippen LogP contribution in [0.3, 0.4) is 0 Å². The number of phenols is 1. The Morgan fingerprint density at radius 1 is 1.38 bits per heavy atom. The van der Waals surface area contributed by atoms with E-state index in [1.165, 1.54) is 19.4 Å². The van der Waals surface area contributed by atoms with E-state index in [-0.39, 0.29) is 17.4 Å². The summed E-state index contributed by atoms with van der Waals surface area (Å²) in [6, 6.07) is 10.4. The summed E-state index contributed by atoms with van der Waals surface area (Å²) in [4.78, 5) is 11.9. The SMILES string of the molecule is C=CCc1ccccc1OCC(=O)NN=Cc1cc(OC)cc(Cl)c1O. The number of nitrogens with zero attached hydrogens (tertiary/aromatic N) is 1. The summed E-state index contributed by atoms with van der Waals surface area (Å²) < 4.78 is 10.6. The second kappa shape index (κ2) is 9.48. The third kappa shape index (κ3) is 5.26. The minimum Gasteiger partial charge on any atom is -0.506 e. The molecule has 0 saturated heterocycles. The van der Waals surface area contributed by atoms with Crippen molar-refractivity contribution < 1.29 is 19.4 Å². The van der Waals surface area contributed by atoms with E-state index in [0.29, 0.717) is 23.5 Å². The van der Waals surface area contributed by atoms with Gasteiger partial charge in [0, 0.05) is 11.6 Å². The number of methoxy groups -OCH3 is 1. The van der Waals surface area contributed by atoms with Gasteiger partial charge < -0.3 is 14.6 Å². The maximum atomic E-state index is 11.9. The smallest absolute Gasteiger partial charge is 0.277 e. The minimum atomic E-state index is -0.442. The van der Waals surface area contributed by atoms with Gasteiger partial charge in [0.15, 0.2) is 6.61 Å². The second-order valence-electron chi connectivity index (χ2n) is 5.23. The van der Waals surface area contributed by atoms with Crippen LogP contribution in [0.1, 0.15) is 11.1 Å². The number of nitrogens with one attached hydrogen (secondary N) is 1. The van der Waals surface area contributed by atoms with Crippen LogP contribution in [0, 0.1) is 0 Å². The molecule has 0 atom stereocenters. The number of phenolic OH excluding ortho intramolecular Hbond substituents is 1. The van der Waals surface area contributed by atoms with Crippen LogP contribution in [0.5, 0.6) is 17.2 Å². The van der Waals surface area contributed by atoms with Crippen molar-refractivity contribution in [3.63, 3.8) is 0 Å². The van der Waals surface area contributed by atoms with Gasteiger partial charge in [-0.3, -0.25) is 4.79 Å². The molecule has 2 aromatic carbocycles. The standard InChI is InChI=1S/C19H19ClN2O4/c1-3-6-13-7-4-5-8-17(13)26-12-18(23)22-21-11-14-9-15(25-2)10-16(20)19(14)24/h3-5,7-11,24H,1,6,12H2,2H3,(H,22,23). The highest BCUT2D eigenvalue weighted by molar-refractivity contribution is 6.32. The lowest BCUT2D eigenvalue weighted by molar-refractivity contribution is -0.123. The highest BCUT2D eigenvalue weighted by atomic mass is 35.5. The number of para-hydroxylation sites is 1. The zero-order chi connectivity index (χ0) is 18.9. The number of allylic oxidation sites excluding steroid dienone is 1. The predicted molar refractivity (Wildman–Crippen MR) is 101 cm³/mol. The monoisotopic (exact) mass is 374 g/mol. The number of rotatable bonds is 8. The summed E-state index contributed by atoms with van der Waals surface area (Å²) in [5.74, 6) is 0.481. The van der Waals surface area contributed by atoms with Gasteiger partial charge in [-0.25, -0.2) is 5.43 Å². The molecule has 136 valence electrons. The number of halogens is 1. The van der Waals surface area contributed by atoms with Crippen LogP contribution in [0.15, 0.2) is 54.2 Å². The number of aromatic hydroxyl groups is 1.